The molecule has 1 aliphatic heterocycles. The second kappa shape index (κ2) is 13.2. The Balaban J connectivity index is 1.57. The molecule has 2 heterocycles. The number of anilines is 1. The lowest BCUT2D eigenvalue weighted by Gasteiger charge is -2.32. The average Bonchev–Trinajstić information content (AvgIpc) is 3.35. The second-order valence-corrected chi connectivity index (χ2v) is 12.5. The van der Waals surface area contributed by atoms with E-state index in [4.69, 9.17) is 37.4 Å². The van der Waals surface area contributed by atoms with Gasteiger partial charge in [0.2, 0.25) is 5.95 Å². The Labute approximate surface area is 257 Å². The number of likely N-dealkylation sites (tertiary alicyclic amines) is 1. The number of carbonyl (C=O) groups is 1. The van der Waals surface area contributed by atoms with Crippen LogP contribution in [0.5, 0.6) is 11.5 Å². The number of hydrogen-bond acceptors (Lipinski definition) is 9. The van der Waals surface area contributed by atoms with E-state index in [1.165, 1.54) is 25.6 Å². The summed E-state index contributed by atoms with van der Waals surface area (Å²) < 4.78 is 40.6. The minimum absolute atomic E-state index is 0.136. The fourth-order valence-corrected chi connectivity index (χ4v) is 5.74. The molecule has 42 heavy (non-hydrogen) atoms. The van der Waals surface area contributed by atoms with Gasteiger partial charge in [-0.1, -0.05) is 36.2 Å². The fraction of sp³-hybridized carbons (Fsp3) is 0.464. The van der Waals surface area contributed by atoms with Crippen LogP contribution in [0.15, 0.2) is 30.5 Å². The van der Waals surface area contributed by atoms with Crippen molar-refractivity contribution in [3.8, 4) is 22.6 Å². The zero-order chi connectivity index (χ0) is 30.8. The predicted octanol–water partition coefficient (Wildman–Crippen LogP) is 5.53. The number of methoxy groups -OCH3 is 2. The number of nitrogens with one attached hydrogen (secondary N) is 1. The van der Waals surface area contributed by atoms with E-state index in [0.29, 0.717) is 58.0 Å². The molecule has 1 aromatic heterocycles. The lowest BCUT2D eigenvalue weighted by atomic mass is 10.0. The summed E-state index contributed by atoms with van der Waals surface area (Å²) >= 11 is 10.8. The van der Waals surface area contributed by atoms with Crippen LogP contribution >= 0.6 is 23.2 Å². The van der Waals surface area contributed by atoms with E-state index in [0.717, 1.165) is 10.9 Å². The predicted molar refractivity (Wildman–Crippen MR) is 163 cm³/mol. The van der Waals surface area contributed by atoms with Crippen molar-refractivity contribution in [1.29, 1.82) is 0 Å². The zero-order valence-electron chi connectivity index (χ0n) is 24.3. The Morgan fingerprint density at radius 3 is 2.48 bits per heavy atom. The number of amides is 1. The maximum Gasteiger partial charge on any atom is 0.410 e. The van der Waals surface area contributed by atoms with Gasteiger partial charge < -0.3 is 29.0 Å². The van der Waals surface area contributed by atoms with Crippen molar-refractivity contribution in [1.82, 2.24) is 19.2 Å². The number of halogens is 2. The molecular weight excluding hydrogens is 605 g/mol. The molecule has 0 aliphatic carbocycles. The van der Waals surface area contributed by atoms with Gasteiger partial charge >= 0.3 is 6.09 Å². The van der Waals surface area contributed by atoms with Gasteiger partial charge in [-0.15, -0.1) is 0 Å². The standard InChI is InChI=1S/C28H35Cl2N5O6S/c1-7-28(2,3)41-27(36)35-14-18(11-19(35)15-34(4)42(37)38)32-26-31-13-17-10-16(8-9-20(17)33-26)23-24(29)21(39-5)12-22(40-6)25(23)30/h8-10,12-13,18-19H,7,11,14-15H2,1-6H3,(H,37,38)(H,31,32,33)/p-1. The smallest absolute Gasteiger partial charge is 0.410 e. The molecule has 1 N–H and O–H groups in total. The number of carbonyl (C=O) groups excluding carboxylic acids is 1. The van der Waals surface area contributed by atoms with Crippen molar-refractivity contribution < 1.29 is 27.8 Å². The van der Waals surface area contributed by atoms with Crippen LogP contribution in [0.1, 0.15) is 33.6 Å². The van der Waals surface area contributed by atoms with Crippen molar-refractivity contribution in [2.75, 3.05) is 39.7 Å². The van der Waals surface area contributed by atoms with Crippen LogP contribution in [0.25, 0.3) is 22.0 Å². The summed E-state index contributed by atoms with van der Waals surface area (Å²) in [5, 5.41) is 4.77. The third-order valence-corrected chi connectivity index (χ3v) is 8.77. The zero-order valence-corrected chi connectivity index (χ0v) is 26.6. The van der Waals surface area contributed by atoms with Crippen molar-refractivity contribution in [3.63, 3.8) is 0 Å². The normalized spacial score (nSPS) is 17.9. The summed E-state index contributed by atoms with van der Waals surface area (Å²) in [6.45, 7) is 6.05. The van der Waals surface area contributed by atoms with Crippen LogP contribution in [0.2, 0.25) is 10.0 Å². The molecule has 1 saturated heterocycles. The van der Waals surface area contributed by atoms with Crippen molar-refractivity contribution >= 4 is 57.4 Å². The highest BCUT2D eigenvalue weighted by molar-refractivity contribution is 7.76. The molecule has 1 fully saturated rings. The van der Waals surface area contributed by atoms with Gasteiger partial charge in [0.05, 0.1) is 35.8 Å². The maximum absolute atomic E-state index is 13.1. The Bertz CT molecular complexity index is 1460. The molecule has 0 spiro atoms. The van der Waals surface area contributed by atoms with Crippen molar-refractivity contribution in [2.24, 2.45) is 0 Å². The highest BCUT2D eigenvalue weighted by atomic mass is 35.5. The van der Waals surface area contributed by atoms with Gasteiger partial charge in [0.1, 0.15) is 17.1 Å². The van der Waals surface area contributed by atoms with Crippen LogP contribution in [0.4, 0.5) is 10.7 Å². The molecule has 3 unspecified atom stereocenters. The summed E-state index contributed by atoms with van der Waals surface area (Å²) in [4.78, 5) is 23.8. The Morgan fingerprint density at radius 2 is 1.88 bits per heavy atom. The number of nitrogens with zero attached hydrogens (tertiary/aromatic N) is 4. The molecule has 228 valence electrons. The number of benzene rings is 2. The minimum Gasteiger partial charge on any atom is -0.760 e. The summed E-state index contributed by atoms with van der Waals surface area (Å²) in [7, 11) is 4.50. The lowest BCUT2D eigenvalue weighted by molar-refractivity contribution is 0.00835. The average molecular weight is 640 g/mol. The maximum atomic E-state index is 13.1. The van der Waals surface area contributed by atoms with Gasteiger partial charge in [-0.2, -0.15) is 0 Å². The molecule has 3 aromatic rings. The number of rotatable bonds is 10. The summed E-state index contributed by atoms with van der Waals surface area (Å²) in [6.07, 6.45) is 2.32. The summed E-state index contributed by atoms with van der Waals surface area (Å²) in [5.41, 5.74) is 1.33. The van der Waals surface area contributed by atoms with Crippen LogP contribution in [-0.2, 0) is 16.0 Å². The van der Waals surface area contributed by atoms with Crippen molar-refractivity contribution in [3.05, 3.63) is 40.5 Å². The summed E-state index contributed by atoms with van der Waals surface area (Å²) in [5.74, 6) is 1.24. The number of hydrogen-bond donors (Lipinski definition) is 1. The van der Waals surface area contributed by atoms with E-state index >= 15 is 0 Å². The first-order valence-corrected chi connectivity index (χ1v) is 15.1. The highest BCUT2D eigenvalue weighted by Crippen LogP contribution is 2.46. The molecule has 11 nitrogen and oxygen atoms in total. The molecule has 0 radical (unpaired) electrons. The number of aromatic nitrogens is 2. The Morgan fingerprint density at radius 1 is 1.21 bits per heavy atom. The Hall–Kier alpha value is -2.90. The number of fused-ring (bicyclic) bond motifs is 1. The van der Waals surface area contributed by atoms with Crippen LogP contribution < -0.4 is 14.8 Å². The van der Waals surface area contributed by atoms with E-state index in [9.17, 15) is 13.6 Å². The van der Waals surface area contributed by atoms with Crippen LogP contribution in [0, 0.1) is 0 Å². The minimum atomic E-state index is -2.41. The topological polar surface area (TPSA) is 129 Å². The highest BCUT2D eigenvalue weighted by Gasteiger charge is 2.39. The van der Waals surface area contributed by atoms with E-state index in [1.807, 2.05) is 39.0 Å². The van der Waals surface area contributed by atoms with E-state index in [-0.39, 0.29) is 18.6 Å². The molecule has 0 saturated carbocycles. The van der Waals surface area contributed by atoms with E-state index < -0.39 is 23.0 Å². The summed E-state index contributed by atoms with van der Waals surface area (Å²) in [6, 6.07) is 6.59. The number of ether oxygens (including phenoxy) is 3. The molecule has 3 atom stereocenters. The van der Waals surface area contributed by atoms with Gasteiger partial charge in [0, 0.05) is 53.6 Å². The largest absolute Gasteiger partial charge is 0.760 e. The third kappa shape index (κ3) is 7.00. The lowest BCUT2D eigenvalue weighted by Crippen LogP contribution is -2.45. The Kier molecular flexibility index (Phi) is 10.0. The first kappa shape index (κ1) is 32.0. The van der Waals surface area contributed by atoms with Crippen molar-refractivity contribution in [2.45, 2.75) is 51.3 Å². The van der Waals surface area contributed by atoms with Gasteiger partial charge in [-0.05, 0) is 51.4 Å². The molecule has 2 aromatic carbocycles. The number of likely N-dealkylation sites (N-methyl/N-ethyl adjacent to an activating group) is 1. The van der Waals surface area contributed by atoms with Crippen LogP contribution in [0.3, 0.4) is 0 Å². The van der Waals surface area contributed by atoms with Gasteiger partial charge in [0.25, 0.3) is 0 Å². The molecule has 14 heteroatoms. The monoisotopic (exact) mass is 638 g/mol. The molecule has 0 bridgehead atoms. The van der Waals surface area contributed by atoms with Crippen LogP contribution in [-0.4, -0.2) is 86.1 Å². The third-order valence-electron chi connectivity index (χ3n) is 7.36. The van der Waals surface area contributed by atoms with Gasteiger partial charge in [-0.3, -0.25) is 4.21 Å². The van der Waals surface area contributed by atoms with Gasteiger partial charge in [0.15, 0.2) is 0 Å². The van der Waals surface area contributed by atoms with E-state index in [2.05, 4.69) is 15.3 Å². The van der Waals surface area contributed by atoms with E-state index in [1.54, 1.807) is 17.2 Å². The SMILES string of the molecule is CCC(C)(C)OC(=O)N1CC(Nc2ncc3cc(-c4c(Cl)c(OC)cc(OC)c4Cl)ccc3n2)CC1CN(C)S(=O)[O-]. The van der Waals surface area contributed by atoms with Gasteiger partial charge in [-0.25, -0.2) is 19.1 Å². The first-order valence-electron chi connectivity index (χ1n) is 13.3. The molecule has 4 rings (SSSR count). The fourth-order valence-electron chi connectivity index (χ4n) is 4.72. The first-order chi connectivity index (χ1) is 19.9. The molecular formula is C28H34Cl2N5O6S-. The molecule has 1 aliphatic rings. The quantitative estimate of drug-likeness (QED) is 0.285. The molecule has 1 amide bonds. The second-order valence-electron chi connectivity index (χ2n) is 10.6.